The molecule has 0 saturated carbocycles. The topological polar surface area (TPSA) is 30.5 Å². The molecule has 2 N–H and O–H groups in total. The average Bonchev–Trinajstić information content (AvgIpc) is 2.50. The number of thiocarbonyl (C=S) groups is 1. The number of nitrogens with one attached hydrogen (secondary N) is 2. The molecule has 0 unspecified atom stereocenters. The fraction of sp³-hybridized carbons (Fsp3) is 0.588. The predicted molar refractivity (Wildman–Crippen MR) is 97.0 cm³/mol. The second-order valence-corrected chi connectivity index (χ2v) is 6.65. The molecule has 1 aliphatic heterocycles. The highest BCUT2D eigenvalue weighted by Gasteiger charge is 2.19. The van der Waals surface area contributed by atoms with Gasteiger partial charge in [0.05, 0.1) is 0 Å². The van der Waals surface area contributed by atoms with Gasteiger partial charge in [-0.1, -0.05) is 30.3 Å². The number of rotatable bonds is 6. The van der Waals surface area contributed by atoms with Gasteiger partial charge in [0.2, 0.25) is 0 Å². The van der Waals surface area contributed by atoms with Crippen LogP contribution in [0.15, 0.2) is 30.3 Å². The van der Waals surface area contributed by atoms with E-state index in [1.54, 1.807) is 0 Å². The highest BCUT2D eigenvalue weighted by molar-refractivity contribution is 7.80. The Bertz CT molecular complexity index is 441. The molecule has 1 saturated heterocycles. The van der Waals surface area contributed by atoms with Crippen molar-refractivity contribution in [3.63, 3.8) is 0 Å². The van der Waals surface area contributed by atoms with Gasteiger partial charge in [-0.2, -0.15) is 0 Å². The summed E-state index contributed by atoms with van der Waals surface area (Å²) in [4.78, 5) is 4.67. The predicted octanol–water partition coefficient (Wildman–Crippen LogP) is 1.68. The maximum Gasteiger partial charge on any atom is 0.166 e. The molecule has 22 heavy (non-hydrogen) atoms. The summed E-state index contributed by atoms with van der Waals surface area (Å²) in [6, 6.07) is 11.2. The zero-order valence-corrected chi connectivity index (χ0v) is 14.5. The molecule has 4 nitrogen and oxygen atoms in total. The first-order chi connectivity index (χ1) is 10.6. The molecule has 0 aliphatic carbocycles. The molecule has 122 valence electrons. The SMILES string of the molecule is CN(C)CCNC(=S)NC1CCN(Cc2ccccc2)CC1. The number of likely N-dealkylation sites (N-methyl/N-ethyl adjacent to an activating group) is 1. The van der Waals surface area contributed by atoms with Crippen molar-refractivity contribution >= 4 is 17.3 Å². The summed E-state index contributed by atoms with van der Waals surface area (Å²) in [5.74, 6) is 0. The smallest absolute Gasteiger partial charge is 0.166 e. The van der Waals surface area contributed by atoms with Gasteiger partial charge in [-0.3, -0.25) is 4.90 Å². The Morgan fingerprint density at radius 3 is 2.55 bits per heavy atom. The van der Waals surface area contributed by atoms with E-state index >= 15 is 0 Å². The van der Waals surface area contributed by atoms with E-state index in [2.05, 4.69) is 64.9 Å². The van der Waals surface area contributed by atoms with Crippen LogP contribution in [-0.2, 0) is 6.54 Å². The average molecular weight is 321 g/mol. The van der Waals surface area contributed by atoms with Crippen LogP contribution in [0.1, 0.15) is 18.4 Å². The van der Waals surface area contributed by atoms with Crippen molar-refractivity contribution in [2.24, 2.45) is 0 Å². The third-order valence-corrected chi connectivity index (χ3v) is 4.28. The van der Waals surface area contributed by atoms with Crippen molar-refractivity contribution < 1.29 is 0 Å². The second-order valence-electron chi connectivity index (χ2n) is 6.24. The number of hydrogen-bond donors (Lipinski definition) is 2. The minimum Gasteiger partial charge on any atom is -0.361 e. The molecule has 0 radical (unpaired) electrons. The summed E-state index contributed by atoms with van der Waals surface area (Å²) in [7, 11) is 4.14. The lowest BCUT2D eigenvalue weighted by atomic mass is 10.0. The second kappa shape index (κ2) is 9.08. The first-order valence-corrected chi connectivity index (χ1v) is 8.49. The molecular formula is C17H28N4S. The highest BCUT2D eigenvalue weighted by atomic mass is 32.1. The molecule has 0 atom stereocenters. The summed E-state index contributed by atoms with van der Waals surface area (Å²) in [6.07, 6.45) is 2.31. The summed E-state index contributed by atoms with van der Waals surface area (Å²) in [5.41, 5.74) is 1.40. The molecule has 1 aromatic rings. The number of benzene rings is 1. The van der Waals surface area contributed by atoms with Crippen LogP contribution in [0.5, 0.6) is 0 Å². The Morgan fingerprint density at radius 1 is 1.23 bits per heavy atom. The molecule has 0 bridgehead atoms. The number of piperidine rings is 1. The molecule has 0 amide bonds. The van der Waals surface area contributed by atoms with Gasteiger partial charge in [-0.25, -0.2) is 0 Å². The summed E-state index contributed by atoms with van der Waals surface area (Å²) >= 11 is 5.37. The maximum atomic E-state index is 5.37. The fourth-order valence-corrected chi connectivity index (χ4v) is 2.98. The lowest BCUT2D eigenvalue weighted by Crippen LogP contribution is -2.48. The fourth-order valence-electron chi connectivity index (χ4n) is 2.71. The standard InChI is InChI=1S/C17H28N4S/c1-20(2)13-10-18-17(22)19-16-8-11-21(12-9-16)14-15-6-4-3-5-7-15/h3-7,16H,8-14H2,1-2H3,(H2,18,19,22). The third kappa shape index (κ3) is 6.30. The Hall–Kier alpha value is -1.17. The van der Waals surface area contributed by atoms with E-state index < -0.39 is 0 Å². The lowest BCUT2D eigenvalue weighted by Gasteiger charge is -2.33. The number of likely N-dealkylation sites (tertiary alicyclic amines) is 1. The van der Waals surface area contributed by atoms with E-state index in [1.807, 2.05) is 0 Å². The molecule has 0 aromatic heterocycles. The Kier molecular flexibility index (Phi) is 7.09. The summed E-state index contributed by atoms with van der Waals surface area (Å²) in [5, 5.41) is 7.52. The summed E-state index contributed by atoms with van der Waals surface area (Å²) < 4.78 is 0. The van der Waals surface area contributed by atoms with E-state index in [9.17, 15) is 0 Å². The van der Waals surface area contributed by atoms with E-state index in [4.69, 9.17) is 12.2 Å². The highest BCUT2D eigenvalue weighted by Crippen LogP contribution is 2.13. The molecule has 1 heterocycles. The first kappa shape index (κ1) is 17.2. The zero-order chi connectivity index (χ0) is 15.8. The molecular weight excluding hydrogens is 292 g/mol. The minimum atomic E-state index is 0.506. The minimum absolute atomic E-state index is 0.506. The van der Waals surface area contributed by atoms with Gasteiger partial charge in [0.25, 0.3) is 0 Å². The first-order valence-electron chi connectivity index (χ1n) is 8.09. The van der Waals surface area contributed by atoms with Crippen LogP contribution in [0.2, 0.25) is 0 Å². The van der Waals surface area contributed by atoms with Gasteiger partial charge in [0, 0.05) is 38.8 Å². The van der Waals surface area contributed by atoms with Gasteiger partial charge < -0.3 is 15.5 Å². The van der Waals surface area contributed by atoms with Gasteiger partial charge in [-0.15, -0.1) is 0 Å². The van der Waals surface area contributed by atoms with Crippen LogP contribution >= 0.6 is 12.2 Å². The van der Waals surface area contributed by atoms with Crippen LogP contribution in [0.4, 0.5) is 0 Å². The zero-order valence-electron chi connectivity index (χ0n) is 13.7. The van der Waals surface area contributed by atoms with Gasteiger partial charge in [0.15, 0.2) is 5.11 Å². The van der Waals surface area contributed by atoms with Crippen LogP contribution in [0.25, 0.3) is 0 Å². The third-order valence-electron chi connectivity index (χ3n) is 4.02. The largest absolute Gasteiger partial charge is 0.361 e. The molecule has 1 fully saturated rings. The molecule has 1 aliphatic rings. The van der Waals surface area contributed by atoms with Crippen LogP contribution in [0.3, 0.4) is 0 Å². The van der Waals surface area contributed by atoms with Gasteiger partial charge in [-0.05, 0) is 44.7 Å². The normalized spacial score (nSPS) is 16.7. The van der Waals surface area contributed by atoms with E-state index in [1.165, 1.54) is 5.56 Å². The quantitative estimate of drug-likeness (QED) is 0.779. The Labute approximate surface area is 139 Å². The summed E-state index contributed by atoms with van der Waals surface area (Å²) in [6.45, 7) is 5.21. The Balaban J connectivity index is 1.63. The molecule has 2 rings (SSSR count). The van der Waals surface area contributed by atoms with E-state index in [-0.39, 0.29) is 0 Å². The van der Waals surface area contributed by atoms with Gasteiger partial charge in [0.1, 0.15) is 0 Å². The number of nitrogens with zero attached hydrogens (tertiary/aromatic N) is 2. The van der Waals surface area contributed by atoms with Crippen molar-refractivity contribution in [3.05, 3.63) is 35.9 Å². The molecule has 5 heteroatoms. The van der Waals surface area contributed by atoms with E-state index in [0.29, 0.717) is 6.04 Å². The van der Waals surface area contributed by atoms with E-state index in [0.717, 1.165) is 50.7 Å². The molecule has 1 aromatic carbocycles. The van der Waals surface area contributed by atoms with Crippen LogP contribution < -0.4 is 10.6 Å². The maximum absolute atomic E-state index is 5.37. The van der Waals surface area contributed by atoms with Crippen molar-refractivity contribution in [2.75, 3.05) is 40.3 Å². The van der Waals surface area contributed by atoms with Crippen molar-refractivity contribution in [1.29, 1.82) is 0 Å². The van der Waals surface area contributed by atoms with Crippen LogP contribution in [0, 0.1) is 0 Å². The number of hydrogen-bond acceptors (Lipinski definition) is 3. The molecule has 0 spiro atoms. The van der Waals surface area contributed by atoms with Gasteiger partial charge >= 0.3 is 0 Å². The van der Waals surface area contributed by atoms with Crippen molar-refractivity contribution in [3.8, 4) is 0 Å². The Morgan fingerprint density at radius 2 is 1.91 bits per heavy atom. The monoisotopic (exact) mass is 320 g/mol. The lowest BCUT2D eigenvalue weighted by molar-refractivity contribution is 0.199. The van der Waals surface area contributed by atoms with Crippen molar-refractivity contribution in [2.45, 2.75) is 25.4 Å². The van der Waals surface area contributed by atoms with Crippen molar-refractivity contribution in [1.82, 2.24) is 20.4 Å². The van der Waals surface area contributed by atoms with Crippen LogP contribution in [-0.4, -0.2) is 61.2 Å².